The lowest BCUT2D eigenvalue weighted by Gasteiger charge is -2.13. The summed E-state index contributed by atoms with van der Waals surface area (Å²) in [5.74, 6) is -0.121. The van der Waals surface area contributed by atoms with E-state index in [1.807, 2.05) is 0 Å². The van der Waals surface area contributed by atoms with Gasteiger partial charge in [0, 0.05) is 12.1 Å². The minimum absolute atomic E-state index is 0.0140. The summed E-state index contributed by atoms with van der Waals surface area (Å²) in [5, 5.41) is 12.3. The summed E-state index contributed by atoms with van der Waals surface area (Å²) < 4.78 is 23.9. The summed E-state index contributed by atoms with van der Waals surface area (Å²) in [4.78, 5) is 0. The zero-order chi connectivity index (χ0) is 11.7. The van der Waals surface area contributed by atoms with Gasteiger partial charge in [-0.15, -0.1) is 0 Å². The maximum atomic E-state index is 13.8. The van der Waals surface area contributed by atoms with Crippen molar-refractivity contribution >= 4 is 11.6 Å². The van der Waals surface area contributed by atoms with E-state index in [1.165, 1.54) is 6.07 Å². The standard InChI is InChI=1S/C10H11ClFNO3/c1-13-3-6(14)5-2-7-10(16-4-15-7)8(11)9(5)12/h2,6,13-14H,3-4H2,1H3. The Kier molecular flexibility index (Phi) is 3.18. The first kappa shape index (κ1) is 11.4. The van der Waals surface area contributed by atoms with Gasteiger partial charge in [-0.2, -0.15) is 0 Å². The summed E-state index contributed by atoms with van der Waals surface area (Å²) in [6, 6.07) is 1.41. The second-order valence-electron chi connectivity index (χ2n) is 3.40. The molecule has 1 unspecified atom stereocenters. The molecule has 0 amide bonds. The van der Waals surface area contributed by atoms with Gasteiger partial charge in [-0.25, -0.2) is 4.39 Å². The fraction of sp³-hybridized carbons (Fsp3) is 0.400. The number of aliphatic hydroxyl groups excluding tert-OH is 1. The minimum Gasteiger partial charge on any atom is -0.454 e. The highest BCUT2D eigenvalue weighted by Gasteiger charge is 2.26. The second kappa shape index (κ2) is 4.45. The smallest absolute Gasteiger partial charge is 0.231 e. The van der Waals surface area contributed by atoms with Gasteiger partial charge in [-0.3, -0.25) is 0 Å². The zero-order valence-electron chi connectivity index (χ0n) is 8.59. The molecule has 1 heterocycles. The van der Waals surface area contributed by atoms with Crippen molar-refractivity contribution in [1.82, 2.24) is 5.32 Å². The number of ether oxygens (including phenoxy) is 2. The van der Waals surface area contributed by atoms with Crippen LogP contribution in [-0.4, -0.2) is 25.5 Å². The molecule has 0 aromatic heterocycles. The van der Waals surface area contributed by atoms with E-state index in [4.69, 9.17) is 21.1 Å². The quantitative estimate of drug-likeness (QED) is 0.849. The molecular formula is C10H11ClFNO3. The van der Waals surface area contributed by atoms with Crippen LogP contribution in [0.15, 0.2) is 6.07 Å². The van der Waals surface area contributed by atoms with Crippen molar-refractivity contribution in [2.24, 2.45) is 0 Å². The van der Waals surface area contributed by atoms with Crippen LogP contribution in [0.4, 0.5) is 4.39 Å². The molecule has 0 aliphatic carbocycles. The fourth-order valence-corrected chi connectivity index (χ4v) is 1.80. The maximum absolute atomic E-state index is 13.8. The third kappa shape index (κ3) is 1.81. The first-order valence-corrected chi connectivity index (χ1v) is 5.13. The zero-order valence-corrected chi connectivity index (χ0v) is 9.34. The van der Waals surface area contributed by atoms with Gasteiger partial charge in [0.1, 0.15) is 5.02 Å². The van der Waals surface area contributed by atoms with Crippen molar-refractivity contribution in [2.45, 2.75) is 6.10 Å². The van der Waals surface area contributed by atoms with E-state index >= 15 is 0 Å². The average Bonchev–Trinajstić information content (AvgIpc) is 2.71. The van der Waals surface area contributed by atoms with E-state index in [0.717, 1.165) is 0 Å². The van der Waals surface area contributed by atoms with Crippen LogP contribution in [0.1, 0.15) is 11.7 Å². The Balaban J connectivity index is 2.43. The predicted molar refractivity (Wildman–Crippen MR) is 56.4 cm³/mol. The summed E-state index contributed by atoms with van der Waals surface area (Å²) in [5.41, 5.74) is 0.101. The summed E-state index contributed by atoms with van der Waals surface area (Å²) in [7, 11) is 1.66. The van der Waals surface area contributed by atoms with Gasteiger partial charge in [0.25, 0.3) is 0 Å². The topological polar surface area (TPSA) is 50.7 Å². The Hall–Kier alpha value is -1.04. The number of rotatable bonds is 3. The normalized spacial score (nSPS) is 15.2. The van der Waals surface area contributed by atoms with Crippen molar-refractivity contribution in [3.63, 3.8) is 0 Å². The molecule has 0 spiro atoms. The number of hydrogen-bond donors (Lipinski definition) is 2. The van der Waals surface area contributed by atoms with Gasteiger partial charge < -0.3 is 19.9 Å². The van der Waals surface area contributed by atoms with Crippen molar-refractivity contribution in [3.8, 4) is 11.5 Å². The molecule has 4 nitrogen and oxygen atoms in total. The number of halogens is 2. The Bertz CT molecular complexity index is 414. The third-order valence-electron chi connectivity index (χ3n) is 2.33. The number of hydrogen-bond acceptors (Lipinski definition) is 4. The lowest BCUT2D eigenvalue weighted by Crippen LogP contribution is -2.17. The summed E-state index contributed by atoms with van der Waals surface area (Å²) in [6.45, 7) is 0.243. The van der Waals surface area contributed by atoms with Gasteiger partial charge in [0.2, 0.25) is 6.79 Å². The molecule has 1 aliphatic heterocycles. The Labute approximate surface area is 96.9 Å². The molecule has 0 radical (unpaired) electrons. The monoisotopic (exact) mass is 247 g/mol. The van der Waals surface area contributed by atoms with Crippen molar-refractivity contribution in [2.75, 3.05) is 20.4 Å². The molecule has 0 fully saturated rings. The summed E-state index contributed by atoms with van der Waals surface area (Å²) >= 11 is 5.78. The second-order valence-corrected chi connectivity index (χ2v) is 3.78. The number of nitrogens with one attached hydrogen (secondary N) is 1. The lowest BCUT2D eigenvalue weighted by molar-refractivity contribution is 0.170. The Morgan fingerprint density at radius 1 is 1.62 bits per heavy atom. The van der Waals surface area contributed by atoms with Crippen LogP contribution in [0.3, 0.4) is 0 Å². The molecule has 0 bridgehead atoms. The van der Waals surface area contributed by atoms with E-state index in [2.05, 4.69) is 5.32 Å². The molecule has 0 saturated heterocycles. The minimum atomic E-state index is -0.975. The van der Waals surface area contributed by atoms with E-state index in [0.29, 0.717) is 5.75 Å². The molecule has 6 heteroatoms. The van der Waals surface area contributed by atoms with Crippen LogP contribution in [0.5, 0.6) is 11.5 Å². The first-order valence-electron chi connectivity index (χ1n) is 4.75. The molecular weight excluding hydrogens is 237 g/mol. The molecule has 88 valence electrons. The van der Waals surface area contributed by atoms with E-state index in [-0.39, 0.29) is 29.7 Å². The van der Waals surface area contributed by atoms with Crippen LogP contribution in [-0.2, 0) is 0 Å². The fourth-order valence-electron chi connectivity index (χ4n) is 1.54. The van der Waals surface area contributed by atoms with E-state index in [1.54, 1.807) is 7.05 Å². The first-order chi connectivity index (χ1) is 7.65. The van der Waals surface area contributed by atoms with Gasteiger partial charge in [0.15, 0.2) is 17.3 Å². The van der Waals surface area contributed by atoms with Gasteiger partial charge >= 0.3 is 0 Å². The van der Waals surface area contributed by atoms with E-state index in [9.17, 15) is 9.50 Å². The SMILES string of the molecule is CNCC(O)c1cc2c(c(Cl)c1F)OCO2. The molecule has 1 aromatic rings. The van der Waals surface area contributed by atoms with Gasteiger partial charge in [-0.1, -0.05) is 11.6 Å². The van der Waals surface area contributed by atoms with Crippen molar-refractivity contribution in [1.29, 1.82) is 0 Å². The van der Waals surface area contributed by atoms with E-state index < -0.39 is 11.9 Å². The predicted octanol–water partition coefficient (Wildman–Crippen LogP) is 1.46. The van der Waals surface area contributed by atoms with Crippen molar-refractivity contribution < 1.29 is 19.0 Å². The van der Waals surface area contributed by atoms with Gasteiger partial charge in [-0.05, 0) is 13.1 Å². The molecule has 2 N–H and O–H groups in total. The largest absolute Gasteiger partial charge is 0.454 e. The molecule has 1 aromatic carbocycles. The maximum Gasteiger partial charge on any atom is 0.231 e. The van der Waals surface area contributed by atoms with Crippen LogP contribution in [0.25, 0.3) is 0 Å². The third-order valence-corrected chi connectivity index (χ3v) is 2.67. The highest BCUT2D eigenvalue weighted by molar-refractivity contribution is 6.32. The highest BCUT2D eigenvalue weighted by Crippen LogP contribution is 2.43. The molecule has 16 heavy (non-hydrogen) atoms. The summed E-state index contributed by atoms with van der Waals surface area (Å²) in [6.07, 6.45) is -0.975. The van der Waals surface area contributed by atoms with Crippen LogP contribution < -0.4 is 14.8 Å². The highest BCUT2D eigenvalue weighted by atomic mass is 35.5. The average molecular weight is 248 g/mol. The molecule has 2 rings (SSSR count). The molecule has 0 saturated carbocycles. The number of benzene rings is 1. The van der Waals surface area contributed by atoms with Gasteiger partial charge in [0.05, 0.1) is 6.10 Å². The number of likely N-dealkylation sites (N-methyl/N-ethyl adjacent to an activating group) is 1. The molecule has 1 atom stereocenters. The molecule has 1 aliphatic rings. The lowest BCUT2D eigenvalue weighted by atomic mass is 10.1. The van der Waals surface area contributed by atoms with Crippen LogP contribution in [0.2, 0.25) is 5.02 Å². The van der Waals surface area contributed by atoms with Crippen molar-refractivity contribution in [3.05, 3.63) is 22.5 Å². The number of aliphatic hydroxyl groups is 1. The Morgan fingerprint density at radius 3 is 3.06 bits per heavy atom. The Morgan fingerprint density at radius 2 is 2.38 bits per heavy atom. The van der Waals surface area contributed by atoms with Crippen LogP contribution >= 0.6 is 11.6 Å². The van der Waals surface area contributed by atoms with Crippen LogP contribution in [0, 0.1) is 5.82 Å². The number of fused-ring (bicyclic) bond motifs is 1.